The average Bonchev–Trinajstić information content (AvgIpc) is 2.58. The van der Waals surface area contributed by atoms with E-state index in [-0.39, 0.29) is 6.61 Å². The summed E-state index contributed by atoms with van der Waals surface area (Å²) in [5.74, 6) is 0.311. The number of rotatable bonds is 5. The van der Waals surface area contributed by atoms with Gasteiger partial charge in [-0.1, -0.05) is 11.6 Å². The van der Waals surface area contributed by atoms with Crippen LogP contribution in [0.3, 0.4) is 0 Å². The van der Waals surface area contributed by atoms with E-state index in [1.807, 2.05) is 6.92 Å². The van der Waals surface area contributed by atoms with Gasteiger partial charge in [-0.25, -0.2) is 0 Å². The molecule has 0 aliphatic carbocycles. The lowest BCUT2D eigenvalue weighted by molar-refractivity contribution is -0.123. The van der Waals surface area contributed by atoms with E-state index in [1.54, 1.807) is 43.5 Å². The Bertz CT molecular complexity index is 798. The van der Waals surface area contributed by atoms with E-state index in [0.717, 1.165) is 9.13 Å². The number of halogens is 2. The number of carbonyl (C=O) groups excluding carboxylic acids is 2. The van der Waals surface area contributed by atoms with Gasteiger partial charge in [-0.05, 0) is 71.5 Å². The second kappa shape index (κ2) is 8.91. The topological polar surface area (TPSA) is 76.7 Å². The van der Waals surface area contributed by atoms with Gasteiger partial charge in [0.2, 0.25) is 0 Å². The van der Waals surface area contributed by atoms with E-state index in [0.29, 0.717) is 22.1 Å². The molecule has 25 heavy (non-hydrogen) atoms. The SMILES string of the molecule is COc1ccc(C(=O)NNC(=O)COc2ccc(Cl)cc2C)cc1I. The third-order valence-electron chi connectivity index (χ3n) is 3.23. The zero-order valence-electron chi connectivity index (χ0n) is 13.6. The predicted octanol–water partition coefficient (Wildman–Crippen LogP) is 3.10. The van der Waals surface area contributed by atoms with Crippen molar-refractivity contribution < 1.29 is 19.1 Å². The molecule has 0 spiro atoms. The van der Waals surface area contributed by atoms with Crippen LogP contribution < -0.4 is 20.3 Å². The number of hydrazine groups is 1. The summed E-state index contributed by atoms with van der Waals surface area (Å²) in [5.41, 5.74) is 5.87. The molecule has 2 rings (SSSR count). The van der Waals surface area contributed by atoms with Gasteiger partial charge in [0, 0.05) is 10.6 Å². The van der Waals surface area contributed by atoms with Crippen LogP contribution >= 0.6 is 34.2 Å². The Kier molecular flexibility index (Phi) is 6.89. The van der Waals surface area contributed by atoms with Gasteiger partial charge in [0.25, 0.3) is 11.8 Å². The van der Waals surface area contributed by atoms with Crippen LogP contribution in [0.25, 0.3) is 0 Å². The molecule has 2 amide bonds. The van der Waals surface area contributed by atoms with Gasteiger partial charge in [0.15, 0.2) is 6.61 Å². The molecule has 0 saturated carbocycles. The van der Waals surface area contributed by atoms with Crippen molar-refractivity contribution in [1.82, 2.24) is 10.9 Å². The van der Waals surface area contributed by atoms with Gasteiger partial charge in [-0.3, -0.25) is 20.4 Å². The summed E-state index contributed by atoms with van der Waals surface area (Å²) in [4.78, 5) is 23.8. The van der Waals surface area contributed by atoms with Crippen molar-refractivity contribution in [3.63, 3.8) is 0 Å². The van der Waals surface area contributed by atoms with Crippen LogP contribution in [-0.4, -0.2) is 25.5 Å². The normalized spacial score (nSPS) is 10.1. The van der Waals surface area contributed by atoms with Crippen LogP contribution in [0.5, 0.6) is 11.5 Å². The maximum atomic E-state index is 12.0. The van der Waals surface area contributed by atoms with Crippen molar-refractivity contribution in [2.24, 2.45) is 0 Å². The molecule has 0 saturated heterocycles. The second-order valence-electron chi connectivity index (χ2n) is 5.05. The van der Waals surface area contributed by atoms with E-state index >= 15 is 0 Å². The molecule has 0 heterocycles. The van der Waals surface area contributed by atoms with E-state index in [1.165, 1.54) is 0 Å². The number of amides is 2. The molecule has 2 aromatic carbocycles. The molecule has 0 radical (unpaired) electrons. The largest absolute Gasteiger partial charge is 0.496 e. The molecule has 132 valence electrons. The zero-order chi connectivity index (χ0) is 18.4. The first-order chi connectivity index (χ1) is 11.9. The Morgan fingerprint density at radius 3 is 2.48 bits per heavy atom. The molecule has 0 fully saturated rings. The molecule has 0 atom stereocenters. The standard InChI is InChI=1S/C17H16ClIN2O4/c1-10-7-12(18)4-6-14(10)25-9-16(22)20-21-17(23)11-3-5-15(24-2)13(19)8-11/h3-8H,9H2,1-2H3,(H,20,22)(H,21,23). The van der Waals surface area contributed by atoms with Crippen molar-refractivity contribution in [2.75, 3.05) is 13.7 Å². The fraction of sp³-hybridized carbons (Fsp3) is 0.176. The fourth-order valence-electron chi connectivity index (χ4n) is 1.96. The Morgan fingerprint density at radius 1 is 1.12 bits per heavy atom. The highest BCUT2D eigenvalue weighted by Crippen LogP contribution is 2.22. The highest BCUT2D eigenvalue weighted by molar-refractivity contribution is 14.1. The minimum atomic E-state index is -0.481. The summed E-state index contributed by atoms with van der Waals surface area (Å²) >= 11 is 7.93. The number of benzene rings is 2. The van der Waals surface area contributed by atoms with E-state index in [9.17, 15) is 9.59 Å². The summed E-state index contributed by atoms with van der Waals surface area (Å²) in [5, 5.41) is 0.593. The predicted molar refractivity (Wildman–Crippen MR) is 103 cm³/mol. The summed E-state index contributed by atoms with van der Waals surface area (Å²) in [6.45, 7) is 1.59. The molecule has 2 aromatic rings. The van der Waals surface area contributed by atoms with Crippen molar-refractivity contribution >= 4 is 46.0 Å². The number of carbonyl (C=O) groups is 2. The molecule has 0 bridgehead atoms. The lowest BCUT2D eigenvalue weighted by Crippen LogP contribution is -2.43. The lowest BCUT2D eigenvalue weighted by atomic mass is 10.2. The third-order valence-corrected chi connectivity index (χ3v) is 4.30. The molecule has 0 aliphatic heterocycles. The monoisotopic (exact) mass is 474 g/mol. The molecule has 0 aromatic heterocycles. The van der Waals surface area contributed by atoms with Gasteiger partial charge in [-0.2, -0.15) is 0 Å². The van der Waals surface area contributed by atoms with Gasteiger partial charge >= 0.3 is 0 Å². The van der Waals surface area contributed by atoms with Crippen LogP contribution in [0.15, 0.2) is 36.4 Å². The minimum absolute atomic E-state index is 0.233. The third kappa shape index (κ3) is 5.50. The molecule has 2 N–H and O–H groups in total. The second-order valence-corrected chi connectivity index (χ2v) is 6.65. The smallest absolute Gasteiger partial charge is 0.276 e. The molecular formula is C17H16ClIN2O4. The molecule has 8 heteroatoms. The minimum Gasteiger partial charge on any atom is -0.496 e. The highest BCUT2D eigenvalue weighted by atomic mass is 127. The summed E-state index contributed by atoms with van der Waals surface area (Å²) in [6.07, 6.45) is 0. The highest BCUT2D eigenvalue weighted by Gasteiger charge is 2.11. The Morgan fingerprint density at radius 2 is 1.84 bits per heavy atom. The van der Waals surface area contributed by atoms with Crippen LogP contribution in [0.2, 0.25) is 5.02 Å². The Hall–Kier alpha value is -2.00. The molecular weight excluding hydrogens is 459 g/mol. The first kappa shape index (κ1) is 19.3. The maximum Gasteiger partial charge on any atom is 0.276 e. The van der Waals surface area contributed by atoms with Crippen molar-refractivity contribution in [1.29, 1.82) is 0 Å². The Balaban J connectivity index is 1.85. The first-order valence-corrected chi connectivity index (χ1v) is 8.68. The van der Waals surface area contributed by atoms with Crippen LogP contribution in [-0.2, 0) is 4.79 Å². The zero-order valence-corrected chi connectivity index (χ0v) is 16.5. The Labute approximate surface area is 163 Å². The average molecular weight is 475 g/mol. The van der Waals surface area contributed by atoms with Gasteiger partial charge in [0.05, 0.1) is 10.7 Å². The number of hydrogen-bond acceptors (Lipinski definition) is 4. The fourth-order valence-corrected chi connectivity index (χ4v) is 2.92. The molecule has 6 nitrogen and oxygen atoms in total. The van der Waals surface area contributed by atoms with Crippen LogP contribution in [0.1, 0.15) is 15.9 Å². The number of ether oxygens (including phenoxy) is 2. The number of methoxy groups -OCH3 is 1. The van der Waals surface area contributed by atoms with Crippen LogP contribution in [0.4, 0.5) is 0 Å². The van der Waals surface area contributed by atoms with E-state index < -0.39 is 11.8 Å². The summed E-state index contributed by atoms with van der Waals surface area (Å²) < 4.78 is 11.3. The van der Waals surface area contributed by atoms with Gasteiger partial charge in [-0.15, -0.1) is 0 Å². The summed E-state index contributed by atoms with van der Waals surface area (Å²) in [6, 6.07) is 10.1. The number of hydrogen-bond donors (Lipinski definition) is 2. The molecule has 0 aliphatic rings. The van der Waals surface area contributed by atoms with Gasteiger partial charge in [0.1, 0.15) is 11.5 Å². The van der Waals surface area contributed by atoms with Gasteiger partial charge < -0.3 is 9.47 Å². The van der Waals surface area contributed by atoms with E-state index in [2.05, 4.69) is 33.4 Å². The first-order valence-electron chi connectivity index (χ1n) is 7.22. The van der Waals surface area contributed by atoms with Crippen LogP contribution in [0, 0.1) is 10.5 Å². The maximum absolute atomic E-state index is 12.0. The summed E-state index contributed by atoms with van der Waals surface area (Å²) in [7, 11) is 1.56. The lowest BCUT2D eigenvalue weighted by Gasteiger charge is -2.11. The quantitative estimate of drug-likeness (QED) is 0.516. The molecule has 0 unspecified atom stereocenters. The van der Waals surface area contributed by atoms with Crippen molar-refractivity contribution in [2.45, 2.75) is 6.92 Å². The number of nitrogens with one attached hydrogen (secondary N) is 2. The number of aryl methyl sites for hydroxylation is 1. The van der Waals surface area contributed by atoms with Crippen molar-refractivity contribution in [3.8, 4) is 11.5 Å². The van der Waals surface area contributed by atoms with E-state index in [4.69, 9.17) is 21.1 Å². The van der Waals surface area contributed by atoms with Crippen molar-refractivity contribution in [3.05, 3.63) is 56.1 Å².